The van der Waals surface area contributed by atoms with Crippen molar-refractivity contribution in [2.24, 2.45) is 0 Å². The topological polar surface area (TPSA) is 79.6 Å². The Morgan fingerprint density at radius 3 is 2.81 bits per heavy atom. The molecule has 7 nitrogen and oxygen atoms in total. The van der Waals surface area contributed by atoms with E-state index in [-0.39, 0.29) is 11.8 Å². The number of nitrogens with one attached hydrogen (secondary N) is 1. The molecule has 27 heavy (non-hydrogen) atoms. The second-order valence-electron chi connectivity index (χ2n) is 6.65. The van der Waals surface area contributed by atoms with Gasteiger partial charge in [0, 0.05) is 42.8 Å². The summed E-state index contributed by atoms with van der Waals surface area (Å²) in [4.78, 5) is 31.9. The Morgan fingerprint density at radius 2 is 2.11 bits per heavy atom. The summed E-state index contributed by atoms with van der Waals surface area (Å²) >= 11 is 1.62. The molecule has 1 fully saturated rings. The van der Waals surface area contributed by atoms with Gasteiger partial charge in [-0.05, 0) is 30.4 Å². The molecular weight excluding hydrogens is 362 g/mol. The van der Waals surface area contributed by atoms with E-state index in [4.69, 9.17) is 0 Å². The highest BCUT2D eigenvalue weighted by molar-refractivity contribution is 7.10. The zero-order valence-electron chi connectivity index (χ0n) is 15.1. The molecule has 2 amide bonds. The van der Waals surface area contributed by atoms with Crippen molar-refractivity contribution in [3.05, 3.63) is 52.1 Å². The molecule has 0 spiro atoms. The molecule has 1 aliphatic rings. The molecule has 0 aliphatic carbocycles. The van der Waals surface area contributed by atoms with Crippen molar-refractivity contribution in [1.82, 2.24) is 24.8 Å². The summed E-state index contributed by atoms with van der Waals surface area (Å²) in [6.45, 7) is 1.48. The van der Waals surface area contributed by atoms with Gasteiger partial charge in [0.25, 0.3) is 5.91 Å². The van der Waals surface area contributed by atoms with E-state index < -0.39 is 0 Å². The lowest BCUT2D eigenvalue weighted by atomic mass is 9.93. The third-order valence-corrected chi connectivity index (χ3v) is 5.95. The summed E-state index contributed by atoms with van der Waals surface area (Å²) < 4.78 is 1.76. The number of carbonyl (C=O) groups is 2. The lowest BCUT2D eigenvalue weighted by Gasteiger charge is -2.32. The molecule has 1 saturated heterocycles. The number of carbonyl (C=O) groups excluding carboxylic acids is 2. The number of fused-ring (bicyclic) bond motifs is 1. The van der Waals surface area contributed by atoms with Crippen LogP contribution in [0.5, 0.6) is 0 Å². The van der Waals surface area contributed by atoms with E-state index in [9.17, 15) is 9.59 Å². The first-order chi connectivity index (χ1) is 13.2. The Balaban J connectivity index is 1.47. The quantitative estimate of drug-likeness (QED) is 0.748. The first-order valence-electron chi connectivity index (χ1n) is 9.02. The Labute approximate surface area is 161 Å². The van der Waals surface area contributed by atoms with Crippen molar-refractivity contribution in [2.45, 2.75) is 25.2 Å². The van der Waals surface area contributed by atoms with Crippen LogP contribution in [0.2, 0.25) is 0 Å². The largest absolute Gasteiger partial charge is 0.355 e. The monoisotopic (exact) mass is 383 g/mol. The highest BCUT2D eigenvalue weighted by Gasteiger charge is 2.26. The maximum absolute atomic E-state index is 12.5. The van der Waals surface area contributed by atoms with E-state index in [0.29, 0.717) is 23.5 Å². The van der Waals surface area contributed by atoms with Crippen LogP contribution < -0.4 is 5.32 Å². The average molecular weight is 383 g/mol. The van der Waals surface area contributed by atoms with Gasteiger partial charge in [0.2, 0.25) is 5.91 Å². The number of hydrogen-bond acceptors (Lipinski definition) is 5. The van der Waals surface area contributed by atoms with Crippen LogP contribution in [-0.2, 0) is 11.2 Å². The highest BCUT2D eigenvalue weighted by Crippen LogP contribution is 2.29. The molecule has 0 aromatic carbocycles. The molecule has 0 unspecified atom stereocenters. The van der Waals surface area contributed by atoms with Crippen LogP contribution >= 0.6 is 11.3 Å². The fourth-order valence-corrected chi connectivity index (χ4v) is 4.31. The smallest absolute Gasteiger partial charge is 0.256 e. The minimum Gasteiger partial charge on any atom is -0.355 e. The van der Waals surface area contributed by atoms with Crippen molar-refractivity contribution in [3.8, 4) is 0 Å². The maximum Gasteiger partial charge on any atom is 0.256 e. The molecule has 3 aromatic heterocycles. The first kappa shape index (κ1) is 17.7. The summed E-state index contributed by atoms with van der Waals surface area (Å²) in [6.07, 6.45) is 5.53. The molecule has 4 rings (SSSR count). The number of likely N-dealkylation sites (tertiary alicyclic amines) is 1. The highest BCUT2D eigenvalue weighted by atomic mass is 32.1. The van der Waals surface area contributed by atoms with E-state index in [2.05, 4.69) is 15.4 Å². The van der Waals surface area contributed by atoms with Gasteiger partial charge in [-0.25, -0.2) is 9.50 Å². The molecule has 0 saturated carbocycles. The lowest BCUT2D eigenvalue weighted by Crippen LogP contribution is -2.39. The van der Waals surface area contributed by atoms with Gasteiger partial charge >= 0.3 is 0 Å². The third-order valence-electron chi connectivity index (χ3n) is 5.07. The Morgan fingerprint density at radius 1 is 1.30 bits per heavy atom. The van der Waals surface area contributed by atoms with E-state index in [1.165, 1.54) is 0 Å². The van der Waals surface area contributed by atoms with Crippen molar-refractivity contribution in [2.75, 3.05) is 20.1 Å². The van der Waals surface area contributed by atoms with E-state index in [1.54, 1.807) is 35.3 Å². The van der Waals surface area contributed by atoms with Crippen LogP contribution in [0.3, 0.4) is 0 Å². The van der Waals surface area contributed by atoms with Crippen LogP contribution in [0.25, 0.3) is 5.65 Å². The number of amides is 2. The van der Waals surface area contributed by atoms with Gasteiger partial charge < -0.3 is 10.2 Å². The van der Waals surface area contributed by atoms with Crippen molar-refractivity contribution >= 4 is 28.8 Å². The van der Waals surface area contributed by atoms with Gasteiger partial charge in [0.1, 0.15) is 5.56 Å². The fraction of sp³-hybridized carbons (Fsp3) is 0.368. The van der Waals surface area contributed by atoms with Gasteiger partial charge in [-0.1, -0.05) is 6.07 Å². The van der Waals surface area contributed by atoms with E-state index >= 15 is 0 Å². The van der Waals surface area contributed by atoms with Crippen LogP contribution in [0.4, 0.5) is 0 Å². The molecule has 4 heterocycles. The number of aromatic nitrogens is 3. The normalized spacial score (nSPS) is 15.2. The molecule has 140 valence electrons. The number of thiophene rings is 1. The predicted molar refractivity (Wildman–Crippen MR) is 103 cm³/mol. The number of piperidine rings is 1. The van der Waals surface area contributed by atoms with Crippen LogP contribution in [0, 0.1) is 0 Å². The van der Waals surface area contributed by atoms with Crippen molar-refractivity contribution in [3.63, 3.8) is 0 Å². The molecule has 0 radical (unpaired) electrons. The van der Waals surface area contributed by atoms with Gasteiger partial charge in [0.15, 0.2) is 5.65 Å². The Kier molecular flexibility index (Phi) is 4.89. The lowest BCUT2D eigenvalue weighted by molar-refractivity contribution is -0.131. The summed E-state index contributed by atoms with van der Waals surface area (Å²) in [5.74, 6) is 0.291. The SMILES string of the molecule is CNC(=O)c1cnn2c(C3CCN(C(=O)Cc4cccs4)CC3)ccnc12. The molecule has 8 heteroatoms. The Hall–Kier alpha value is -2.74. The fourth-order valence-electron chi connectivity index (χ4n) is 3.61. The average Bonchev–Trinajstić information content (AvgIpc) is 3.37. The summed E-state index contributed by atoms with van der Waals surface area (Å²) in [7, 11) is 1.60. The molecule has 3 aromatic rings. The number of rotatable bonds is 4. The van der Waals surface area contributed by atoms with Crippen LogP contribution in [-0.4, -0.2) is 51.4 Å². The summed E-state index contributed by atoms with van der Waals surface area (Å²) in [5, 5.41) is 9.00. The minimum absolute atomic E-state index is 0.191. The molecule has 0 bridgehead atoms. The predicted octanol–water partition coefficient (Wildman–Crippen LogP) is 2.10. The second-order valence-corrected chi connectivity index (χ2v) is 7.69. The zero-order chi connectivity index (χ0) is 18.8. The zero-order valence-corrected chi connectivity index (χ0v) is 15.9. The summed E-state index contributed by atoms with van der Waals surface area (Å²) in [6, 6.07) is 5.94. The van der Waals surface area contributed by atoms with Crippen LogP contribution in [0.1, 0.15) is 39.7 Å². The first-order valence-corrected chi connectivity index (χ1v) is 9.90. The van der Waals surface area contributed by atoms with Crippen molar-refractivity contribution < 1.29 is 9.59 Å². The minimum atomic E-state index is -0.191. The molecule has 0 atom stereocenters. The maximum atomic E-state index is 12.5. The Bertz CT molecular complexity index is 958. The molecular formula is C19H21N5O2S. The second kappa shape index (κ2) is 7.48. The number of hydrogen-bond donors (Lipinski definition) is 1. The van der Waals surface area contributed by atoms with Gasteiger partial charge in [-0.3, -0.25) is 9.59 Å². The van der Waals surface area contributed by atoms with Gasteiger partial charge in [-0.2, -0.15) is 5.10 Å². The number of nitrogens with zero attached hydrogens (tertiary/aromatic N) is 4. The van der Waals surface area contributed by atoms with E-state index in [1.807, 2.05) is 28.5 Å². The van der Waals surface area contributed by atoms with Gasteiger partial charge in [0.05, 0.1) is 12.6 Å². The molecule has 1 aliphatic heterocycles. The molecule has 1 N–H and O–H groups in total. The standard InChI is InChI=1S/C19H21N5O2S/c1-20-19(26)15-12-22-24-16(4-7-21-18(15)24)13-5-8-23(9-6-13)17(25)11-14-3-2-10-27-14/h2-4,7,10,12-13H,5-6,8-9,11H2,1H3,(H,20,26). The summed E-state index contributed by atoms with van der Waals surface area (Å²) in [5.41, 5.74) is 2.09. The van der Waals surface area contributed by atoms with E-state index in [0.717, 1.165) is 36.5 Å². The van der Waals surface area contributed by atoms with Crippen LogP contribution in [0.15, 0.2) is 36.0 Å². The third kappa shape index (κ3) is 3.44. The van der Waals surface area contributed by atoms with Gasteiger partial charge in [-0.15, -0.1) is 11.3 Å². The van der Waals surface area contributed by atoms with Crippen molar-refractivity contribution in [1.29, 1.82) is 0 Å².